The van der Waals surface area contributed by atoms with E-state index in [0.717, 1.165) is 17.8 Å². The van der Waals surface area contributed by atoms with Gasteiger partial charge in [0, 0.05) is 24.5 Å². The molecule has 0 saturated heterocycles. The number of nitrogens with zero attached hydrogens (tertiary/aromatic N) is 2. The van der Waals surface area contributed by atoms with E-state index in [9.17, 15) is 4.21 Å². The summed E-state index contributed by atoms with van der Waals surface area (Å²) in [5, 5.41) is 0. The minimum absolute atomic E-state index is 0.0282. The zero-order valence-corrected chi connectivity index (χ0v) is 15.5. The maximum Gasteiger partial charge on any atom is 0.116 e. The summed E-state index contributed by atoms with van der Waals surface area (Å²) in [6, 6.07) is 1.95. The Labute approximate surface area is 134 Å². The normalized spacial score (nSPS) is 14.3. The summed E-state index contributed by atoms with van der Waals surface area (Å²) < 4.78 is 14.3. The van der Waals surface area contributed by atoms with Gasteiger partial charge in [-0.2, -0.15) is 0 Å². The maximum atomic E-state index is 12.5. The number of rotatable bonds is 4. The van der Waals surface area contributed by atoms with E-state index >= 15 is 0 Å². The molecule has 1 aromatic heterocycles. The topological polar surface area (TPSA) is 33.2 Å². The molecule has 21 heavy (non-hydrogen) atoms. The van der Waals surface area contributed by atoms with Crippen LogP contribution >= 0.6 is 0 Å². The fourth-order valence-corrected chi connectivity index (χ4v) is 3.20. The van der Waals surface area contributed by atoms with Gasteiger partial charge in [0.2, 0.25) is 0 Å². The van der Waals surface area contributed by atoms with Crippen molar-refractivity contribution in [2.75, 3.05) is 6.54 Å². The lowest BCUT2D eigenvalue weighted by Gasteiger charge is -2.32. The fourth-order valence-electron chi connectivity index (χ4n) is 1.85. The Morgan fingerprint density at radius 1 is 1.38 bits per heavy atom. The Hall–Kier alpha value is -0.675. The van der Waals surface area contributed by atoms with Crippen LogP contribution in [0.15, 0.2) is 12.3 Å². The van der Waals surface area contributed by atoms with Gasteiger partial charge in [-0.3, -0.25) is 4.98 Å². The van der Waals surface area contributed by atoms with Crippen LogP contribution in [-0.2, 0) is 11.0 Å². The SMILES string of the molecule is CC.[B]c1cc([C@@H](C)N(CC)[S@](=O)C(C)(C)C)cnc1C. The van der Waals surface area contributed by atoms with Crippen LogP contribution in [-0.4, -0.2) is 32.6 Å². The third-order valence-corrected chi connectivity index (χ3v) is 5.16. The average Bonchev–Trinajstić information content (AvgIpc) is 2.43. The van der Waals surface area contributed by atoms with Crippen LogP contribution in [0.25, 0.3) is 0 Å². The summed E-state index contributed by atoms with van der Waals surface area (Å²) >= 11 is 0. The van der Waals surface area contributed by atoms with Gasteiger partial charge < -0.3 is 0 Å². The van der Waals surface area contributed by atoms with E-state index in [2.05, 4.69) is 4.98 Å². The monoisotopic (exact) mass is 308 g/mol. The van der Waals surface area contributed by atoms with Crippen molar-refractivity contribution in [3.05, 3.63) is 23.5 Å². The highest BCUT2D eigenvalue weighted by Gasteiger charge is 2.29. The van der Waals surface area contributed by atoms with Gasteiger partial charge in [-0.05, 0) is 40.2 Å². The largest absolute Gasteiger partial charge is 0.262 e. The van der Waals surface area contributed by atoms with Crippen LogP contribution in [0.3, 0.4) is 0 Å². The molecule has 0 N–H and O–H groups in total. The van der Waals surface area contributed by atoms with Gasteiger partial charge >= 0.3 is 0 Å². The maximum absolute atomic E-state index is 12.5. The minimum atomic E-state index is -1.05. The summed E-state index contributed by atoms with van der Waals surface area (Å²) in [5.74, 6) is 0. The van der Waals surface area contributed by atoms with Gasteiger partial charge in [-0.25, -0.2) is 8.51 Å². The Morgan fingerprint density at radius 2 is 1.90 bits per heavy atom. The van der Waals surface area contributed by atoms with Crippen molar-refractivity contribution in [2.45, 2.75) is 66.2 Å². The standard InChI is InChI=1S/C14H23BN2OS.C2H6/c1-7-17(19(18)14(4,5)6)11(3)12-8-13(15)10(2)16-9-12;1-2/h8-9,11H,7H2,1-6H3;1-2H3/t11-,19-;/m1./s1. The predicted octanol–water partition coefficient (Wildman–Crippen LogP) is 3.06. The van der Waals surface area contributed by atoms with Gasteiger partial charge in [0.15, 0.2) is 0 Å². The molecule has 0 spiro atoms. The average molecular weight is 308 g/mol. The molecule has 0 fully saturated rings. The lowest BCUT2D eigenvalue weighted by atomic mass is 9.92. The fraction of sp³-hybridized carbons (Fsp3) is 0.688. The zero-order chi connectivity index (χ0) is 16.8. The van der Waals surface area contributed by atoms with E-state index in [4.69, 9.17) is 7.85 Å². The minimum Gasteiger partial charge on any atom is -0.262 e. The molecule has 2 radical (unpaired) electrons. The Bertz CT molecular complexity index is 472. The van der Waals surface area contributed by atoms with Crippen molar-refractivity contribution in [1.82, 2.24) is 9.29 Å². The summed E-state index contributed by atoms with van der Waals surface area (Å²) in [4.78, 5) is 4.29. The van der Waals surface area contributed by atoms with E-state index in [1.165, 1.54) is 0 Å². The van der Waals surface area contributed by atoms with Crippen LogP contribution in [0.2, 0.25) is 0 Å². The van der Waals surface area contributed by atoms with Crippen molar-refractivity contribution >= 4 is 24.3 Å². The first kappa shape index (κ1) is 20.3. The van der Waals surface area contributed by atoms with E-state index < -0.39 is 11.0 Å². The van der Waals surface area contributed by atoms with E-state index in [1.807, 2.05) is 72.0 Å². The molecule has 0 aromatic carbocycles. The van der Waals surface area contributed by atoms with Crippen molar-refractivity contribution in [3.8, 4) is 0 Å². The second-order valence-electron chi connectivity index (χ2n) is 5.71. The molecule has 0 aliphatic rings. The lowest BCUT2D eigenvalue weighted by Crippen LogP contribution is -2.39. The third kappa shape index (κ3) is 5.55. The summed E-state index contributed by atoms with van der Waals surface area (Å²) in [6.45, 7) is 16.6. The van der Waals surface area contributed by atoms with Crippen LogP contribution in [0.4, 0.5) is 0 Å². The smallest absolute Gasteiger partial charge is 0.116 e. The second kappa shape index (κ2) is 8.69. The molecule has 0 aliphatic heterocycles. The van der Waals surface area contributed by atoms with Crippen LogP contribution < -0.4 is 5.46 Å². The van der Waals surface area contributed by atoms with Crippen LogP contribution in [0.1, 0.15) is 65.8 Å². The van der Waals surface area contributed by atoms with Crippen molar-refractivity contribution in [1.29, 1.82) is 0 Å². The van der Waals surface area contributed by atoms with Gasteiger partial charge in [0.1, 0.15) is 18.8 Å². The lowest BCUT2D eigenvalue weighted by molar-refractivity contribution is 0.372. The molecule has 5 heteroatoms. The van der Waals surface area contributed by atoms with Crippen molar-refractivity contribution < 1.29 is 4.21 Å². The van der Waals surface area contributed by atoms with Crippen LogP contribution in [0, 0.1) is 6.92 Å². The molecule has 1 heterocycles. The molecule has 118 valence electrons. The first-order chi connectivity index (χ1) is 9.68. The second-order valence-corrected chi connectivity index (χ2v) is 7.91. The summed E-state index contributed by atoms with van der Waals surface area (Å²) in [5.41, 5.74) is 2.51. The quantitative estimate of drug-likeness (QED) is 0.801. The highest BCUT2D eigenvalue weighted by atomic mass is 32.2. The van der Waals surface area contributed by atoms with E-state index in [0.29, 0.717) is 5.46 Å². The first-order valence-corrected chi connectivity index (χ1v) is 8.69. The van der Waals surface area contributed by atoms with E-state index in [-0.39, 0.29) is 10.8 Å². The Balaban J connectivity index is 0.00000191. The molecule has 0 amide bonds. The van der Waals surface area contributed by atoms with E-state index in [1.54, 1.807) is 0 Å². The van der Waals surface area contributed by atoms with Gasteiger partial charge in [-0.15, -0.1) is 0 Å². The third-order valence-electron chi connectivity index (χ3n) is 3.11. The van der Waals surface area contributed by atoms with Crippen molar-refractivity contribution in [3.63, 3.8) is 0 Å². The highest BCUT2D eigenvalue weighted by Crippen LogP contribution is 2.25. The molecular weight excluding hydrogens is 279 g/mol. The van der Waals surface area contributed by atoms with Gasteiger partial charge in [0.25, 0.3) is 0 Å². The molecule has 2 atom stereocenters. The molecule has 0 aliphatic carbocycles. The Morgan fingerprint density at radius 3 is 2.29 bits per heavy atom. The zero-order valence-electron chi connectivity index (χ0n) is 14.7. The van der Waals surface area contributed by atoms with Gasteiger partial charge in [-0.1, -0.05) is 32.3 Å². The molecule has 1 aromatic rings. The predicted molar refractivity (Wildman–Crippen MR) is 94.4 cm³/mol. The number of pyridine rings is 1. The number of aryl methyl sites for hydroxylation is 1. The molecule has 0 unspecified atom stereocenters. The number of hydrogen-bond acceptors (Lipinski definition) is 2. The molecular formula is C16H29BN2OS. The van der Waals surface area contributed by atoms with Crippen molar-refractivity contribution in [2.24, 2.45) is 0 Å². The Kier molecular flexibility index (Phi) is 8.41. The van der Waals surface area contributed by atoms with Crippen LogP contribution in [0.5, 0.6) is 0 Å². The molecule has 3 nitrogen and oxygen atoms in total. The first-order valence-electron chi connectivity index (χ1n) is 7.59. The number of hydrogen-bond donors (Lipinski definition) is 0. The molecule has 1 rings (SSSR count). The molecule has 0 saturated carbocycles. The summed E-state index contributed by atoms with van der Waals surface area (Å²) in [6.07, 6.45) is 1.82. The van der Waals surface area contributed by atoms with Gasteiger partial charge in [0.05, 0.1) is 4.75 Å². The molecule has 0 bridgehead atoms. The summed E-state index contributed by atoms with van der Waals surface area (Å²) in [7, 11) is 4.85. The highest BCUT2D eigenvalue weighted by molar-refractivity contribution is 7.84. The number of aromatic nitrogens is 1.